The summed E-state index contributed by atoms with van der Waals surface area (Å²) in [5.41, 5.74) is 0.994. The molecule has 1 N–H and O–H groups in total. The molecule has 1 aromatic carbocycles. The first-order valence-electron chi connectivity index (χ1n) is 5.72. The second-order valence-electron chi connectivity index (χ2n) is 4.49. The Hall–Kier alpha value is -0.940. The van der Waals surface area contributed by atoms with Crippen LogP contribution in [0, 0.1) is 6.92 Å². The number of rotatable bonds is 3. The molecule has 2 unspecified atom stereocenters. The second-order valence-corrected chi connectivity index (χ2v) is 6.20. The number of hydrogen-bond acceptors (Lipinski definition) is 2. The van der Waals surface area contributed by atoms with E-state index >= 15 is 0 Å². The van der Waals surface area contributed by atoms with Crippen LogP contribution in [-0.4, -0.2) is 20.6 Å². The third-order valence-electron chi connectivity index (χ3n) is 3.07. The van der Waals surface area contributed by atoms with E-state index < -0.39 is 22.2 Å². The molecule has 0 aliphatic heterocycles. The van der Waals surface area contributed by atoms with E-state index in [0.29, 0.717) is 12.8 Å². The van der Waals surface area contributed by atoms with E-state index in [1.165, 1.54) is 0 Å². The fourth-order valence-electron chi connectivity index (χ4n) is 2.03. The summed E-state index contributed by atoms with van der Waals surface area (Å²) in [5.74, 6) is 0. The maximum absolute atomic E-state index is 13.4. The second kappa shape index (κ2) is 4.74. The van der Waals surface area contributed by atoms with E-state index in [2.05, 4.69) is 4.72 Å². The number of aryl methyl sites for hydroxylation is 1. The maximum atomic E-state index is 13.4. The fraction of sp³-hybridized carbons (Fsp3) is 0.500. The average molecular weight is 257 g/mol. The van der Waals surface area contributed by atoms with Crippen LogP contribution in [0.1, 0.15) is 24.8 Å². The summed E-state index contributed by atoms with van der Waals surface area (Å²) in [7, 11) is -3.58. The van der Waals surface area contributed by atoms with Crippen molar-refractivity contribution < 1.29 is 12.8 Å². The zero-order chi connectivity index (χ0) is 12.5. The maximum Gasteiger partial charge on any atom is 0.240 e. The van der Waals surface area contributed by atoms with E-state index in [1.54, 1.807) is 24.3 Å². The predicted molar refractivity (Wildman–Crippen MR) is 64.0 cm³/mol. The van der Waals surface area contributed by atoms with Crippen LogP contribution < -0.4 is 4.72 Å². The number of sulfonamides is 1. The van der Waals surface area contributed by atoms with Gasteiger partial charge in [0.2, 0.25) is 10.0 Å². The van der Waals surface area contributed by atoms with Gasteiger partial charge >= 0.3 is 0 Å². The molecule has 0 radical (unpaired) electrons. The number of nitrogens with one attached hydrogen (secondary N) is 1. The molecule has 0 saturated heterocycles. The highest BCUT2D eigenvalue weighted by atomic mass is 32.2. The standard InChI is InChI=1S/C12H16FNO2S/c1-9-5-7-10(8-6-9)17(15,16)14-12-4-2-3-11(12)13/h5-8,11-12,14H,2-4H2,1H3. The number of alkyl halides is 1. The lowest BCUT2D eigenvalue weighted by molar-refractivity contribution is 0.300. The molecule has 1 aliphatic carbocycles. The highest BCUT2D eigenvalue weighted by molar-refractivity contribution is 7.89. The molecule has 5 heteroatoms. The Balaban J connectivity index is 2.16. The van der Waals surface area contributed by atoms with Gasteiger partial charge in [0.1, 0.15) is 6.17 Å². The molecule has 17 heavy (non-hydrogen) atoms. The van der Waals surface area contributed by atoms with Gasteiger partial charge in [0.05, 0.1) is 10.9 Å². The number of benzene rings is 1. The zero-order valence-electron chi connectivity index (χ0n) is 9.69. The summed E-state index contributed by atoms with van der Waals surface area (Å²) >= 11 is 0. The lowest BCUT2D eigenvalue weighted by Gasteiger charge is -2.15. The van der Waals surface area contributed by atoms with Crippen molar-refractivity contribution >= 4 is 10.0 Å². The Labute approximate surface area is 101 Å². The van der Waals surface area contributed by atoms with Crippen molar-refractivity contribution in [1.82, 2.24) is 4.72 Å². The smallest absolute Gasteiger partial charge is 0.240 e. The van der Waals surface area contributed by atoms with Crippen molar-refractivity contribution in [2.24, 2.45) is 0 Å². The third-order valence-corrected chi connectivity index (χ3v) is 4.58. The molecular formula is C12H16FNO2S. The Kier molecular flexibility index (Phi) is 3.49. The zero-order valence-corrected chi connectivity index (χ0v) is 10.5. The molecule has 1 fully saturated rings. The van der Waals surface area contributed by atoms with Gasteiger partial charge < -0.3 is 0 Å². The van der Waals surface area contributed by atoms with Gasteiger partial charge in [-0.05, 0) is 38.3 Å². The lowest BCUT2D eigenvalue weighted by Crippen LogP contribution is -2.38. The van der Waals surface area contributed by atoms with E-state index in [1.807, 2.05) is 6.92 Å². The van der Waals surface area contributed by atoms with Gasteiger partial charge in [-0.2, -0.15) is 0 Å². The summed E-state index contributed by atoms with van der Waals surface area (Å²) < 4.78 is 39.7. The van der Waals surface area contributed by atoms with Crippen molar-refractivity contribution in [1.29, 1.82) is 0 Å². The molecule has 1 aromatic rings. The van der Waals surface area contributed by atoms with Crippen LogP contribution in [0.2, 0.25) is 0 Å². The molecular weight excluding hydrogens is 241 g/mol. The van der Waals surface area contributed by atoms with Crippen molar-refractivity contribution in [2.45, 2.75) is 43.3 Å². The monoisotopic (exact) mass is 257 g/mol. The van der Waals surface area contributed by atoms with Gasteiger partial charge in [0.15, 0.2) is 0 Å². The van der Waals surface area contributed by atoms with Gasteiger partial charge in [-0.15, -0.1) is 0 Å². The van der Waals surface area contributed by atoms with Gasteiger partial charge in [-0.25, -0.2) is 17.5 Å². The first-order valence-corrected chi connectivity index (χ1v) is 7.20. The largest absolute Gasteiger partial charge is 0.246 e. The van der Waals surface area contributed by atoms with E-state index in [9.17, 15) is 12.8 Å². The molecule has 2 atom stereocenters. The van der Waals surface area contributed by atoms with Crippen molar-refractivity contribution in [3.8, 4) is 0 Å². The number of halogens is 1. The summed E-state index contributed by atoms with van der Waals surface area (Å²) in [6.45, 7) is 1.89. The molecule has 0 bridgehead atoms. The average Bonchev–Trinajstić information content (AvgIpc) is 2.64. The van der Waals surface area contributed by atoms with Gasteiger partial charge in [-0.3, -0.25) is 0 Å². The minimum Gasteiger partial charge on any atom is -0.246 e. The molecule has 1 saturated carbocycles. The quantitative estimate of drug-likeness (QED) is 0.902. The van der Waals surface area contributed by atoms with Gasteiger partial charge in [0, 0.05) is 0 Å². The van der Waals surface area contributed by atoms with Crippen molar-refractivity contribution in [3.63, 3.8) is 0 Å². The normalized spacial score (nSPS) is 25.1. The first kappa shape index (κ1) is 12.5. The molecule has 0 amide bonds. The highest BCUT2D eigenvalue weighted by Gasteiger charge is 2.31. The van der Waals surface area contributed by atoms with Crippen LogP contribution >= 0.6 is 0 Å². The van der Waals surface area contributed by atoms with E-state index in [0.717, 1.165) is 12.0 Å². The molecule has 0 spiro atoms. The first-order chi connectivity index (χ1) is 7.99. The van der Waals surface area contributed by atoms with Crippen LogP contribution in [0.15, 0.2) is 29.2 Å². The molecule has 0 heterocycles. The Morgan fingerprint density at radius 3 is 2.41 bits per heavy atom. The summed E-state index contributed by atoms with van der Waals surface area (Å²) in [4.78, 5) is 0.196. The fourth-order valence-corrected chi connectivity index (χ4v) is 3.33. The van der Waals surface area contributed by atoms with Crippen LogP contribution in [0.3, 0.4) is 0 Å². The van der Waals surface area contributed by atoms with Crippen LogP contribution in [0.4, 0.5) is 4.39 Å². The SMILES string of the molecule is Cc1ccc(S(=O)(=O)NC2CCCC2F)cc1. The summed E-state index contributed by atoms with van der Waals surface area (Å²) in [5, 5.41) is 0. The van der Waals surface area contributed by atoms with E-state index in [4.69, 9.17) is 0 Å². The van der Waals surface area contributed by atoms with E-state index in [-0.39, 0.29) is 4.90 Å². The van der Waals surface area contributed by atoms with Gasteiger partial charge in [-0.1, -0.05) is 17.7 Å². The predicted octanol–water partition coefficient (Wildman–Crippen LogP) is 2.16. The molecule has 2 rings (SSSR count). The minimum absolute atomic E-state index is 0.196. The minimum atomic E-state index is -3.58. The molecule has 94 valence electrons. The Morgan fingerprint density at radius 2 is 1.88 bits per heavy atom. The summed E-state index contributed by atoms with van der Waals surface area (Å²) in [6, 6.07) is 5.98. The van der Waals surface area contributed by atoms with Crippen molar-refractivity contribution in [3.05, 3.63) is 29.8 Å². The van der Waals surface area contributed by atoms with Crippen LogP contribution in [-0.2, 0) is 10.0 Å². The third kappa shape index (κ3) is 2.84. The van der Waals surface area contributed by atoms with Crippen LogP contribution in [0.5, 0.6) is 0 Å². The van der Waals surface area contributed by atoms with Crippen molar-refractivity contribution in [2.75, 3.05) is 0 Å². The summed E-state index contributed by atoms with van der Waals surface area (Å²) in [6.07, 6.45) is 0.700. The van der Waals surface area contributed by atoms with Gasteiger partial charge in [0.25, 0.3) is 0 Å². The Bertz CT molecular complexity index is 484. The Morgan fingerprint density at radius 1 is 1.24 bits per heavy atom. The van der Waals surface area contributed by atoms with Crippen LogP contribution in [0.25, 0.3) is 0 Å². The highest BCUT2D eigenvalue weighted by Crippen LogP contribution is 2.23. The number of hydrogen-bond donors (Lipinski definition) is 1. The topological polar surface area (TPSA) is 46.2 Å². The lowest BCUT2D eigenvalue weighted by atomic mass is 10.2. The molecule has 0 aromatic heterocycles. The molecule has 3 nitrogen and oxygen atoms in total. The molecule has 1 aliphatic rings.